The molecule has 1 aliphatic heterocycles. The molecule has 0 aromatic heterocycles. The van der Waals surface area contributed by atoms with Crippen LogP contribution in [0.15, 0.2) is 0 Å². The van der Waals surface area contributed by atoms with Gasteiger partial charge in [0.05, 0.1) is 0 Å². The Kier molecular flexibility index (Phi) is 5.92. The number of unbranched alkanes of at least 4 members (excludes halogenated alkanes) is 4. The highest BCUT2D eigenvalue weighted by Crippen LogP contribution is 2.52. The monoisotopic (exact) mass is 268 g/mol. The molecule has 1 heterocycles. The van der Waals surface area contributed by atoms with Gasteiger partial charge in [0, 0.05) is 10.00 Å². The average Bonchev–Trinajstić information content (AvgIpc) is 2.37. The van der Waals surface area contributed by atoms with Crippen LogP contribution in [0.4, 0.5) is 0 Å². The van der Waals surface area contributed by atoms with Gasteiger partial charge in [0.2, 0.25) is 0 Å². The van der Waals surface area contributed by atoms with Crippen molar-refractivity contribution in [1.29, 1.82) is 0 Å². The lowest BCUT2D eigenvalue weighted by Gasteiger charge is -2.47. The van der Waals surface area contributed by atoms with E-state index in [9.17, 15) is 0 Å². The summed E-state index contributed by atoms with van der Waals surface area (Å²) in [5, 5.41) is 0.992. The highest BCUT2D eigenvalue weighted by Gasteiger charge is 2.41. The van der Waals surface area contributed by atoms with Crippen molar-refractivity contribution < 1.29 is 0 Å². The third kappa shape index (κ3) is 3.92. The minimum absolute atomic E-state index is 0.657. The molecule has 1 aliphatic carbocycles. The lowest BCUT2D eigenvalue weighted by molar-refractivity contribution is 0.254. The van der Waals surface area contributed by atoms with Crippen LogP contribution in [0.3, 0.4) is 0 Å². The fourth-order valence-electron chi connectivity index (χ4n) is 3.99. The van der Waals surface area contributed by atoms with Crippen LogP contribution in [0.2, 0.25) is 0 Å². The summed E-state index contributed by atoms with van der Waals surface area (Å²) in [6.45, 7) is 4.88. The minimum Gasteiger partial charge on any atom is -0.152 e. The summed E-state index contributed by atoms with van der Waals surface area (Å²) >= 11 is 2.38. The van der Waals surface area contributed by atoms with Gasteiger partial charge >= 0.3 is 0 Å². The Morgan fingerprint density at radius 3 is 2.67 bits per heavy atom. The normalized spacial score (nSPS) is 36.3. The van der Waals surface area contributed by atoms with Gasteiger partial charge in [-0.3, -0.25) is 0 Å². The molecule has 3 unspecified atom stereocenters. The van der Waals surface area contributed by atoms with Crippen molar-refractivity contribution in [2.75, 3.05) is 0 Å². The Labute approximate surface area is 119 Å². The van der Waals surface area contributed by atoms with Gasteiger partial charge in [-0.15, -0.1) is 0 Å². The van der Waals surface area contributed by atoms with Gasteiger partial charge in [0.15, 0.2) is 0 Å². The molecule has 0 nitrogen and oxygen atoms in total. The molecule has 0 amide bonds. The SMILES string of the molecule is CCCCCCCC1CCC2CCCCC2(C)S1. The molecule has 0 N–H and O–H groups in total. The first-order valence-electron chi connectivity index (χ1n) is 8.42. The summed E-state index contributed by atoms with van der Waals surface area (Å²) in [7, 11) is 0. The van der Waals surface area contributed by atoms with Crippen molar-refractivity contribution in [2.45, 2.75) is 101 Å². The molecule has 0 aromatic carbocycles. The fraction of sp³-hybridized carbons (Fsp3) is 1.00. The van der Waals surface area contributed by atoms with E-state index in [0.717, 1.165) is 11.2 Å². The number of hydrogen-bond donors (Lipinski definition) is 0. The molecular weight excluding hydrogens is 236 g/mol. The van der Waals surface area contributed by atoms with Gasteiger partial charge in [-0.25, -0.2) is 0 Å². The van der Waals surface area contributed by atoms with Crippen molar-refractivity contribution >= 4 is 11.8 Å². The fourth-order valence-corrected chi connectivity index (χ4v) is 5.98. The molecule has 0 spiro atoms. The van der Waals surface area contributed by atoms with E-state index in [0.29, 0.717) is 4.75 Å². The Hall–Kier alpha value is 0.350. The van der Waals surface area contributed by atoms with Gasteiger partial charge in [-0.2, -0.15) is 11.8 Å². The second-order valence-corrected chi connectivity index (χ2v) is 8.61. The zero-order chi connectivity index (χ0) is 12.8. The highest BCUT2D eigenvalue weighted by molar-refractivity contribution is 8.01. The third-order valence-corrected chi connectivity index (χ3v) is 7.12. The highest BCUT2D eigenvalue weighted by atomic mass is 32.2. The number of hydrogen-bond acceptors (Lipinski definition) is 1. The summed E-state index contributed by atoms with van der Waals surface area (Å²) in [4.78, 5) is 0. The lowest BCUT2D eigenvalue weighted by Crippen LogP contribution is -2.40. The second kappa shape index (κ2) is 7.22. The van der Waals surface area contributed by atoms with E-state index >= 15 is 0 Å². The molecule has 1 heteroatoms. The van der Waals surface area contributed by atoms with Gasteiger partial charge in [0.1, 0.15) is 0 Å². The van der Waals surface area contributed by atoms with Gasteiger partial charge in [-0.05, 0) is 38.0 Å². The van der Waals surface area contributed by atoms with E-state index in [1.54, 1.807) is 0 Å². The van der Waals surface area contributed by atoms with Gasteiger partial charge in [-0.1, -0.05) is 58.8 Å². The smallest absolute Gasteiger partial charge is 0.0162 e. The molecule has 0 aromatic rings. The van der Waals surface area contributed by atoms with E-state index in [4.69, 9.17) is 0 Å². The minimum atomic E-state index is 0.657. The maximum atomic E-state index is 2.57. The van der Waals surface area contributed by atoms with Crippen LogP contribution in [0.1, 0.15) is 90.9 Å². The maximum absolute atomic E-state index is 2.57. The van der Waals surface area contributed by atoms with Gasteiger partial charge in [0.25, 0.3) is 0 Å². The summed E-state index contributed by atoms with van der Waals surface area (Å²) in [6.07, 6.45) is 17.8. The topological polar surface area (TPSA) is 0 Å². The molecule has 2 rings (SSSR count). The molecule has 18 heavy (non-hydrogen) atoms. The van der Waals surface area contributed by atoms with Crippen LogP contribution >= 0.6 is 11.8 Å². The molecular formula is C17H32S. The Balaban J connectivity index is 1.69. The van der Waals surface area contributed by atoms with Crippen molar-refractivity contribution in [3.63, 3.8) is 0 Å². The summed E-state index contributed by atoms with van der Waals surface area (Å²) < 4.78 is 0.657. The summed E-state index contributed by atoms with van der Waals surface area (Å²) in [5.41, 5.74) is 0. The molecule has 1 saturated heterocycles. The van der Waals surface area contributed by atoms with E-state index in [-0.39, 0.29) is 0 Å². The predicted octanol–water partition coefficient (Wildman–Crippen LogP) is 6.19. The zero-order valence-electron chi connectivity index (χ0n) is 12.5. The van der Waals surface area contributed by atoms with Crippen molar-refractivity contribution in [2.24, 2.45) is 5.92 Å². The summed E-state index contributed by atoms with van der Waals surface area (Å²) in [5.74, 6) is 1.05. The standard InChI is InChI=1S/C17H32S/c1-3-4-5-6-7-11-16-13-12-15-10-8-9-14-17(15,2)18-16/h15-16H,3-14H2,1-2H3. The quantitative estimate of drug-likeness (QED) is 0.517. The number of fused-ring (bicyclic) bond motifs is 1. The molecule has 106 valence electrons. The first kappa shape index (κ1) is 14.8. The van der Waals surface area contributed by atoms with Crippen molar-refractivity contribution in [1.82, 2.24) is 0 Å². The van der Waals surface area contributed by atoms with E-state index < -0.39 is 0 Å². The molecule has 0 bridgehead atoms. The largest absolute Gasteiger partial charge is 0.152 e. The van der Waals surface area contributed by atoms with Crippen LogP contribution in [0, 0.1) is 5.92 Å². The molecule has 2 fully saturated rings. The van der Waals surface area contributed by atoms with Crippen molar-refractivity contribution in [3.8, 4) is 0 Å². The number of rotatable bonds is 6. The van der Waals surface area contributed by atoms with Gasteiger partial charge < -0.3 is 0 Å². The third-order valence-electron chi connectivity index (χ3n) is 5.24. The first-order chi connectivity index (χ1) is 8.74. The summed E-state index contributed by atoms with van der Waals surface area (Å²) in [6, 6.07) is 0. The van der Waals surface area contributed by atoms with Crippen LogP contribution < -0.4 is 0 Å². The van der Waals surface area contributed by atoms with Crippen LogP contribution in [0.5, 0.6) is 0 Å². The maximum Gasteiger partial charge on any atom is 0.0162 e. The lowest BCUT2D eigenvalue weighted by atomic mass is 9.76. The average molecular weight is 269 g/mol. The van der Waals surface area contributed by atoms with E-state index in [1.807, 2.05) is 0 Å². The molecule has 1 saturated carbocycles. The predicted molar refractivity (Wildman–Crippen MR) is 84.4 cm³/mol. The first-order valence-corrected chi connectivity index (χ1v) is 9.30. The molecule has 2 aliphatic rings. The van der Waals surface area contributed by atoms with Crippen LogP contribution in [-0.2, 0) is 0 Å². The van der Waals surface area contributed by atoms with Crippen LogP contribution in [-0.4, -0.2) is 10.00 Å². The Bertz CT molecular complexity index is 238. The molecule has 0 radical (unpaired) electrons. The number of thioether (sulfide) groups is 1. The van der Waals surface area contributed by atoms with Crippen molar-refractivity contribution in [3.05, 3.63) is 0 Å². The Morgan fingerprint density at radius 2 is 1.83 bits per heavy atom. The van der Waals surface area contributed by atoms with Crippen LogP contribution in [0.25, 0.3) is 0 Å². The van der Waals surface area contributed by atoms with E-state index in [1.165, 1.54) is 77.0 Å². The Morgan fingerprint density at radius 1 is 1.00 bits per heavy atom. The second-order valence-electron chi connectivity index (χ2n) is 6.78. The zero-order valence-corrected chi connectivity index (χ0v) is 13.4. The van der Waals surface area contributed by atoms with E-state index in [2.05, 4.69) is 25.6 Å². The molecule has 3 atom stereocenters.